The summed E-state index contributed by atoms with van der Waals surface area (Å²) in [6.45, 7) is 1.55. The molecular weight excluding hydrogens is 352 g/mol. The summed E-state index contributed by atoms with van der Waals surface area (Å²) in [6.07, 6.45) is 3.60. The van der Waals surface area contributed by atoms with E-state index in [2.05, 4.69) is 0 Å². The largest absolute Gasteiger partial charge is 0.334 e. The summed E-state index contributed by atoms with van der Waals surface area (Å²) in [4.78, 5) is 51.4. The summed E-state index contributed by atoms with van der Waals surface area (Å²) in [5.41, 5.74) is 0. The van der Waals surface area contributed by atoms with Crippen LogP contribution in [0.4, 0.5) is 4.79 Å². The standard InChI is InChI=1S/C16H17ClN2O4S/c1-9-4-2-3-5-10(9)19-15(22)14(21)18(16(19)23)8-11(20)12-6-7-13(17)24-12/h6-7,9-10H,2-5,8H2,1H3/t9-,10-/m0/s1. The first kappa shape index (κ1) is 17.1. The molecule has 1 aromatic heterocycles. The maximum absolute atomic E-state index is 12.6. The quantitative estimate of drug-likeness (QED) is 0.465. The number of carbonyl (C=O) groups excluding carboxylic acids is 4. The minimum atomic E-state index is -0.922. The molecule has 1 saturated heterocycles. The third-order valence-corrected chi connectivity index (χ3v) is 5.90. The lowest BCUT2D eigenvalue weighted by Crippen LogP contribution is -2.46. The molecule has 2 fully saturated rings. The van der Waals surface area contributed by atoms with Gasteiger partial charge < -0.3 is 0 Å². The number of imide groups is 2. The summed E-state index contributed by atoms with van der Waals surface area (Å²) >= 11 is 6.88. The smallest absolute Gasteiger partial charge is 0.291 e. The molecule has 0 spiro atoms. The van der Waals surface area contributed by atoms with Crippen molar-refractivity contribution in [2.24, 2.45) is 5.92 Å². The molecule has 24 heavy (non-hydrogen) atoms. The van der Waals surface area contributed by atoms with E-state index < -0.39 is 30.2 Å². The molecule has 2 atom stereocenters. The number of Topliss-reactive ketones (excluding diaryl/α,β-unsaturated/α-hetero) is 1. The van der Waals surface area contributed by atoms with E-state index in [1.807, 2.05) is 6.92 Å². The highest BCUT2D eigenvalue weighted by atomic mass is 35.5. The van der Waals surface area contributed by atoms with E-state index in [9.17, 15) is 19.2 Å². The lowest BCUT2D eigenvalue weighted by Gasteiger charge is -2.34. The molecule has 1 saturated carbocycles. The van der Waals surface area contributed by atoms with Crippen molar-refractivity contribution in [3.05, 3.63) is 21.3 Å². The molecule has 2 heterocycles. The van der Waals surface area contributed by atoms with Crippen molar-refractivity contribution in [3.8, 4) is 0 Å². The highest BCUT2D eigenvalue weighted by Gasteiger charge is 2.49. The van der Waals surface area contributed by atoms with Gasteiger partial charge in [-0.1, -0.05) is 31.4 Å². The zero-order chi connectivity index (χ0) is 17.4. The molecule has 0 bridgehead atoms. The van der Waals surface area contributed by atoms with Gasteiger partial charge in [0.15, 0.2) is 5.78 Å². The van der Waals surface area contributed by atoms with Crippen LogP contribution in [-0.4, -0.2) is 46.0 Å². The third kappa shape index (κ3) is 2.98. The van der Waals surface area contributed by atoms with Crippen LogP contribution in [0, 0.1) is 5.92 Å². The summed E-state index contributed by atoms with van der Waals surface area (Å²) in [7, 11) is 0. The van der Waals surface area contributed by atoms with Crippen LogP contribution >= 0.6 is 22.9 Å². The zero-order valence-electron chi connectivity index (χ0n) is 13.2. The highest BCUT2D eigenvalue weighted by Crippen LogP contribution is 2.31. The number of urea groups is 1. The van der Waals surface area contributed by atoms with Gasteiger partial charge in [-0.15, -0.1) is 11.3 Å². The second-order valence-corrected chi connectivity index (χ2v) is 7.92. The summed E-state index contributed by atoms with van der Waals surface area (Å²) in [6, 6.07) is 2.18. The summed E-state index contributed by atoms with van der Waals surface area (Å²) < 4.78 is 0.450. The molecular formula is C16H17ClN2O4S. The molecule has 3 rings (SSSR count). The summed E-state index contributed by atoms with van der Waals surface area (Å²) in [5.74, 6) is -1.99. The van der Waals surface area contributed by atoms with E-state index in [0.29, 0.717) is 15.6 Å². The predicted octanol–water partition coefficient (Wildman–Crippen LogP) is 2.95. The number of nitrogens with zero attached hydrogens (tertiary/aromatic N) is 2. The molecule has 4 amide bonds. The van der Waals surface area contributed by atoms with Crippen molar-refractivity contribution in [2.75, 3.05) is 6.54 Å². The first-order valence-electron chi connectivity index (χ1n) is 7.87. The number of halogens is 1. The Morgan fingerprint density at radius 1 is 1.21 bits per heavy atom. The molecule has 0 unspecified atom stereocenters. The lowest BCUT2D eigenvalue weighted by molar-refractivity contribution is -0.144. The van der Waals surface area contributed by atoms with Gasteiger partial charge in [0.05, 0.1) is 15.8 Å². The first-order valence-corrected chi connectivity index (χ1v) is 9.07. The van der Waals surface area contributed by atoms with Crippen LogP contribution in [-0.2, 0) is 9.59 Å². The number of ketones is 1. The van der Waals surface area contributed by atoms with Crippen LogP contribution in [0.3, 0.4) is 0 Å². The van der Waals surface area contributed by atoms with E-state index in [1.54, 1.807) is 12.1 Å². The average molecular weight is 369 g/mol. The minimum Gasteiger partial charge on any atom is -0.291 e. The molecule has 0 N–H and O–H groups in total. The molecule has 1 aliphatic heterocycles. The minimum absolute atomic E-state index is 0.159. The maximum atomic E-state index is 12.6. The van der Waals surface area contributed by atoms with Gasteiger partial charge in [0, 0.05) is 6.04 Å². The Bertz CT molecular complexity index is 717. The fourth-order valence-electron chi connectivity index (χ4n) is 3.32. The number of amides is 4. The van der Waals surface area contributed by atoms with Crippen LogP contribution in [0.5, 0.6) is 0 Å². The van der Waals surface area contributed by atoms with Crippen molar-refractivity contribution < 1.29 is 19.2 Å². The van der Waals surface area contributed by atoms with Crippen LogP contribution in [0.1, 0.15) is 42.3 Å². The molecule has 2 aliphatic rings. The second-order valence-electron chi connectivity index (χ2n) is 6.21. The Morgan fingerprint density at radius 2 is 1.92 bits per heavy atom. The van der Waals surface area contributed by atoms with Crippen LogP contribution in [0.2, 0.25) is 4.34 Å². The highest BCUT2D eigenvalue weighted by molar-refractivity contribution is 7.18. The van der Waals surface area contributed by atoms with Crippen LogP contribution in [0.25, 0.3) is 0 Å². The molecule has 8 heteroatoms. The van der Waals surface area contributed by atoms with Gasteiger partial charge in [-0.05, 0) is 30.9 Å². The van der Waals surface area contributed by atoms with Crippen molar-refractivity contribution in [3.63, 3.8) is 0 Å². The molecule has 1 aromatic rings. The molecule has 6 nitrogen and oxygen atoms in total. The third-order valence-electron chi connectivity index (χ3n) is 4.63. The molecule has 0 aromatic carbocycles. The number of rotatable bonds is 4. The Kier molecular flexibility index (Phi) is 4.73. The Balaban J connectivity index is 1.77. The first-order chi connectivity index (χ1) is 11.4. The fourth-order valence-corrected chi connectivity index (χ4v) is 4.29. The molecule has 0 radical (unpaired) electrons. The Labute approximate surface area is 148 Å². The lowest BCUT2D eigenvalue weighted by atomic mass is 9.85. The van der Waals surface area contributed by atoms with Crippen molar-refractivity contribution in [1.29, 1.82) is 0 Å². The Morgan fingerprint density at radius 3 is 2.54 bits per heavy atom. The van der Waals surface area contributed by atoms with Gasteiger partial charge in [0.2, 0.25) is 0 Å². The van der Waals surface area contributed by atoms with Gasteiger partial charge >= 0.3 is 17.8 Å². The topological polar surface area (TPSA) is 74.8 Å². The van der Waals surface area contributed by atoms with Crippen LogP contribution < -0.4 is 0 Å². The fraction of sp³-hybridized carbons (Fsp3) is 0.500. The van der Waals surface area contributed by atoms with E-state index in [-0.39, 0.29) is 12.0 Å². The predicted molar refractivity (Wildman–Crippen MR) is 89.0 cm³/mol. The van der Waals surface area contributed by atoms with E-state index in [1.165, 1.54) is 0 Å². The number of hydrogen-bond acceptors (Lipinski definition) is 5. The SMILES string of the molecule is C[C@H]1CCCC[C@@H]1N1C(=O)C(=O)N(CC(=O)c2ccc(Cl)s2)C1=O. The number of thiophene rings is 1. The van der Waals surface area contributed by atoms with Crippen molar-refractivity contribution in [2.45, 2.75) is 38.6 Å². The average Bonchev–Trinajstić information content (AvgIpc) is 3.07. The number of carbonyl (C=O) groups is 4. The zero-order valence-corrected chi connectivity index (χ0v) is 14.7. The van der Waals surface area contributed by atoms with Gasteiger partial charge in [-0.25, -0.2) is 9.69 Å². The van der Waals surface area contributed by atoms with Crippen molar-refractivity contribution >= 4 is 46.6 Å². The van der Waals surface area contributed by atoms with Crippen molar-refractivity contribution in [1.82, 2.24) is 9.80 Å². The second kappa shape index (κ2) is 6.64. The number of hydrogen-bond donors (Lipinski definition) is 0. The van der Waals surface area contributed by atoms with Gasteiger partial charge in [0.25, 0.3) is 0 Å². The van der Waals surface area contributed by atoms with E-state index in [0.717, 1.165) is 40.4 Å². The van der Waals surface area contributed by atoms with E-state index in [4.69, 9.17) is 11.6 Å². The summed E-state index contributed by atoms with van der Waals surface area (Å²) in [5, 5.41) is 0. The van der Waals surface area contributed by atoms with Crippen LogP contribution in [0.15, 0.2) is 12.1 Å². The Hall–Kier alpha value is -1.73. The van der Waals surface area contributed by atoms with Gasteiger partial charge in [-0.3, -0.25) is 19.3 Å². The molecule has 1 aliphatic carbocycles. The molecule has 128 valence electrons. The van der Waals surface area contributed by atoms with Gasteiger partial charge in [-0.2, -0.15) is 0 Å². The maximum Gasteiger partial charge on any atom is 0.334 e. The van der Waals surface area contributed by atoms with Gasteiger partial charge in [0.1, 0.15) is 0 Å². The van der Waals surface area contributed by atoms with E-state index >= 15 is 0 Å². The normalized spacial score (nSPS) is 24.8. The monoisotopic (exact) mass is 368 g/mol.